The highest BCUT2D eigenvalue weighted by Crippen LogP contribution is 2.33. The van der Waals surface area contributed by atoms with E-state index in [1.807, 2.05) is 13.8 Å². The first-order valence-corrected chi connectivity index (χ1v) is 8.54. The summed E-state index contributed by atoms with van der Waals surface area (Å²) in [7, 11) is 0. The highest BCUT2D eigenvalue weighted by atomic mass is 32.1. The van der Waals surface area contributed by atoms with E-state index in [-0.39, 0.29) is 0 Å². The predicted octanol–water partition coefficient (Wildman–Crippen LogP) is 3.38. The van der Waals surface area contributed by atoms with Crippen LogP contribution in [-0.4, -0.2) is 36.1 Å². The fourth-order valence-electron chi connectivity index (χ4n) is 3.03. The minimum atomic E-state index is 0.444. The van der Waals surface area contributed by atoms with Crippen LogP contribution in [0.4, 0.5) is 0 Å². The molecule has 114 valence electrons. The summed E-state index contributed by atoms with van der Waals surface area (Å²) in [6.45, 7) is 10.6. The van der Waals surface area contributed by atoms with E-state index in [1.54, 1.807) is 11.3 Å². The number of rotatable bonds is 4. The smallest absolute Gasteiger partial charge is 0.110 e. The molecule has 5 heteroatoms. The molecule has 1 aliphatic heterocycles. The normalized spacial score (nSPS) is 18.0. The Kier molecular flexibility index (Phi) is 4.42. The second-order valence-corrected chi connectivity index (χ2v) is 6.50. The van der Waals surface area contributed by atoms with Crippen LogP contribution in [0.2, 0.25) is 0 Å². The Morgan fingerprint density at radius 2 is 2.14 bits per heavy atom. The number of hydrogen-bond donors (Lipinski definition) is 1. The molecule has 1 atom stereocenters. The first kappa shape index (κ1) is 14.8. The first-order chi connectivity index (χ1) is 10.2. The minimum absolute atomic E-state index is 0.444. The topological polar surface area (TPSA) is 41.3 Å². The van der Waals surface area contributed by atoms with E-state index < -0.39 is 0 Å². The highest BCUT2D eigenvalue weighted by molar-refractivity contribution is 7.10. The molecule has 1 unspecified atom stereocenters. The third kappa shape index (κ3) is 3.05. The van der Waals surface area contributed by atoms with Gasteiger partial charge < -0.3 is 9.73 Å². The van der Waals surface area contributed by atoms with E-state index in [0.29, 0.717) is 6.04 Å². The second-order valence-electron chi connectivity index (χ2n) is 5.61. The Balaban J connectivity index is 1.84. The molecule has 0 amide bonds. The zero-order chi connectivity index (χ0) is 14.8. The molecule has 0 saturated carbocycles. The van der Waals surface area contributed by atoms with Crippen molar-refractivity contribution in [2.75, 3.05) is 26.2 Å². The summed E-state index contributed by atoms with van der Waals surface area (Å²) in [6.07, 6.45) is 1.11. The molecule has 0 aromatic carbocycles. The Bertz CT molecular complexity index is 598. The number of thiazole rings is 1. The van der Waals surface area contributed by atoms with E-state index in [2.05, 4.69) is 28.6 Å². The zero-order valence-corrected chi connectivity index (χ0v) is 13.8. The van der Waals surface area contributed by atoms with Gasteiger partial charge in [-0.1, -0.05) is 6.92 Å². The van der Waals surface area contributed by atoms with Gasteiger partial charge in [-0.2, -0.15) is 0 Å². The maximum Gasteiger partial charge on any atom is 0.110 e. The predicted molar refractivity (Wildman–Crippen MR) is 86.8 cm³/mol. The Hall–Kier alpha value is -1.17. The van der Waals surface area contributed by atoms with Gasteiger partial charge >= 0.3 is 0 Å². The van der Waals surface area contributed by atoms with Crippen molar-refractivity contribution < 1.29 is 4.42 Å². The molecule has 1 aliphatic rings. The molecule has 1 N–H and O–H groups in total. The van der Waals surface area contributed by atoms with E-state index in [1.165, 1.54) is 5.01 Å². The van der Waals surface area contributed by atoms with Gasteiger partial charge in [-0.3, -0.25) is 4.90 Å². The van der Waals surface area contributed by atoms with Gasteiger partial charge in [-0.25, -0.2) is 4.98 Å². The lowest BCUT2D eigenvalue weighted by atomic mass is 10.1. The monoisotopic (exact) mass is 305 g/mol. The van der Waals surface area contributed by atoms with Crippen LogP contribution in [0, 0.1) is 13.8 Å². The highest BCUT2D eigenvalue weighted by Gasteiger charge is 2.23. The van der Waals surface area contributed by atoms with Gasteiger partial charge in [-0.15, -0.1) is 11.3 Å². The lowest BCUT2D eigenvalue weighted by Crippen LogP contribution is -2.45. The number of aryl methyl sites for hydroxylation is 2. The van der Waals surface area contributed by atoms with Crippen LogP contribution in [-0.2, 0) is 0 Å². The fraction of sp³-hybridized carbons (Fsp3) is 0.562. The average Bonchev–Trinajstić information content (AvgIpc) is 3.08. The van der Waals surface area contributed by atoms with Gasteiger partial charge in [0, 0.05) is 37.1 Å². The van der Waals surface area contributed by atoms with E-state index >= 15 is 0 Å². The van der Waals surface area contributed by atoms with Gasteiger partial charge in [0.15, 0.2) is 0 Å². The molecular formula is C16H23N3OS. The van der Waals surface area contributed by atoms with Crippen LogP contribution >= 0.6 is 11.3 Å². The summed E-state index contributed by atoms with van der Waals surface area (Å²) >= 11 is 1.77. The van der Waals surface area contributed by atoms with Gasteiger partial charge in [0.1, 0.15) is 16.5 Å². The van der Waals surface area contributed by atoms with Crippen LogP contribution in [0.25, 0.3) is 11.3 Å². The molecule has 0 aliphatic carbocycles. The van der Waals surface area contributed by atoms with Crippen LogP contribution in [0.5, 0.6) is 0 Å². The number of nitrogens with zero attached hydrogens (tertiary/aromatic N) is 2. The number of piperazine rings is 1. The molecule has 3 rings (SSSR count). The average molecular weight is 305 g/mol. The van der Waals surface area contributed by atoms with Crippen molar-refractivity contribution in [1.29, 1.82) is 0 Å². The summed E-state index contributed by atoms with van der Waals surface area (Å²) in [6, 6.07) is 2.53. The quantitative estimate of drug-likeness (QED) is 0.940. The van der Waals surface area contributed by atoms with Crippen molar-refractivity contribution in [1.82, 2.24) is 15.2 Å². The molecule has 0 bridgehead atoms. The van der Waals surface area contributed by atoms with Gasteiger partial charge in [0.25, 0.3) is 0 Å². The summed E-state index contributed by atoms with van der Waals surface area (Å²) in [5.41, 5.74) is 2.18. The van der Waals surface area contributed by atoms with Crippen molar-refractivity contribution in [3.63, 3.8) is 0 Å². The Morgan fingerprint density at radius 3 is 2.76 bits per heavy atom. The minimum Gasteiger partial charge on any atom is -0.466 e. The molecule has 1 fully saturated rings. The Labute approximate surface area is 130 Å². The first-order valence-electron chi connectivity index (χ1n) is 7.66. The number of hydrogen-bond acceptors (Lipinski definition) is 5. The van der Waals surface area contributed by atoms with E-state index in [4.69, 9.17) is 9.40 Å². The number of aromatic nitrogens is 1. The molecule has 1 saturated heterocycles. The van der Waals surface area contributed by atoms with Crippen molar-refractivity contribution in [2.24, 2.45) is 0 Å². The molecule has 2 aromatic heterocycles. The van der Waals surface area contributed by atoms with Crippen molar-refractivity contribution in [3.8, 4) is 11.3 Å². The van der Waals surface area contributed by atoms with Crippen molar-refractivity contribution in [3.05, 3.63) is 28.0 Å². The number of furan rings is 1. The molecular weight excluding hydrogens is 282 g/mol. The third-order valence-electron chi connectivity index (χ3n) is 4.10. The molecule has 4 nitrogen and oxygen atoms in total. The molecule has 3 heterocycles. The van der Waals surface area contributed by atoms with E-state index in [0.717, 1.165) is 55.4 Å². The molecule has 21 heavy (non-hydrogen) atoms. The maximum atomic E-state index is 5.63. The van der Waals surface area contributed by atoms with Crippen molar-refractivity contribution >= 4 is 11.3 Å². The van der Waals surface area contributed by atoms with Gasteiger partial charge in [0.2, 0.25) is 0 Å². The van der Waals surface area contributed by atoms with E-state index in [9.17, 15) is 0 Å². The molecule has 2 aromatic rings. The van der Waals surface area contributed by atoms with Crippen molar-refractivity contribution in [2.45, 2.75) is 33.2 Å². The van der Waals surface area contributed by atoms with Crippen LogP contribution in [0.15, 0.2) is 15.9 Å². The maximum absolute atomic E-state index is 5.63. The fourth-order valence-corrected chi connectivity index (χ4v) is 4.07. The Morgan fingerprint density at radius 1 is 1.38 bits per heavy atom. The summed E-state index contributed by atoms with van der Waals surface area (Å²) in [4.78, 5) is 7.45. The lowest BCUT2D eigenvalue weighted by molar-refractivity contribution is 0.169. The molecule has 0 spiro atoms. The van der Waals surface area contributed by atoms with Crippen LogP contribution < -0.4 is 5.32 Å². The van der Waals surface area contributed by atoms with Crippen LogP contribution in [0.1, 0.15) is 35.9 Å². The number of nitrogens with one attached hydrogen (secondary N) is 1. The third-order valence-corrected chi connectivity index (χ3v) is 5.05. The lowest BCUT2D eigenvalue weighted by Gasteiger charge is -2.33. The summed E-state index contributed by atoms with van der Waals surface area (Å²) in [5.74, 6) is 1.91. The summed E-state index contributed by atoms with van der Waals surface area (Å²) < 4.78 is 5.63. The summed E-state index contributed by atoms with van der Waals surface area (Å²) in [5, 5.41) is 6.81. The SMILES string of the molecule is CCC(c1nc(-c2cc(C)oc2C)cs1)N1CCNCC1. The second kappa shape index (κ2) is 6.30. The molecule has 0 radical (unpaired) electrons. The van der Waals surface area contributed by atoms with Gasteiger partial charge in [-0.05, 0) is 26.3 Å². The van der Waals surface area contributed by atoms with Gasteiger partial charge in [0.05, 0.1) is 11.7 Å². The van der Waals surface area contributed by atoms with Crippen LogP contribution in [0.3, 0.4) is 0 Å². The zero-order valence-electron chi connectivity index (χ0n) is 13.0. The largest absolute Gasteiger partial charge is 0.466 e. The standard InChI is InChI=1S/C16H23N3OS/c1-4-15(19-7-5-17-6-8-19)16-18-14(10-21-16)13-9-11(2)20-12(13)3/h9-10,15,17H,4-8H2,1-3H3.